The zero-order valence-corrected chi connectivity index (χ0v) is 8.16. The predicted octanol–water partition coefficient (Wildman–Crippen LogP) is -0.0368. The van der Waals surface area contributed by atoms with Gasteiger partial charge in [0, 0.05) is 18.9 Å². The average Bonchev–Trinajstić information content (AvgIpc) is 2.15. The lowest BCUT2D eigenvalue weighted by molar-refractivity contribution is 0.126. The lowest BCUT2D eigenvalue weighted by Crippen LogP contribution is -2.29. The van der Waals surface area contributed by atoms with Crippen LogP contribution in [0, 0.1) is 0 Å². The second kappa shape index (κ2) is 5.39. The normalized spacial score (nSPS) is 10.4. The lowest BCUT2D eigenvalue weighted by atomic mass is 10.5. The van der Waals surface area contributed by atoms with Crippen LogP contribution in [0.4, 0.5) is 0 Å². The van der Waals surface area contributed by atoms with Crippen molar-refractivity contribution < 1.29 is 4.74 Å². The minimum atomic E-state index is -0.391. The van der Waals surface area contributed by atoms with Crippen LogP contribution in [0.1, 0.15) is 13.3 Å². The van der Waals surface area contributed by atoms with Gasteiger partial charge in [0.05, 0.1) is 13.2 Å². The molecule has 1 aromatic heterocycles. The van der Waals surface area contributed by atoms with Gasteiger partial charge in [-0.1, -0.05) is 6.92 Å². The molecule has 0 radical (unpaired) electrons. The van der Waals surface area contributed by atoms with Crippen LogP contribution < -0.4 is 11.2 Å². The van der Waals surface area contributed by atoms with E-state index in [4.69, 9.17) is 4.74 Å². The number of nitrogens with zero attached hydrogens (tertiary/aromatic N) is 1. The molecular formula is C9H14N2O3. The van der Waals surface area contributed by atoms with Gasteiger partial charge in [-0.2, -0.15) is 0 Å². The Hall–Kier alpha value is -1.36. The van der Waals surface area contributed by atoms with Crippen molar-refractivity contribution in [2.75, 3.05) is 13.2 Å². The van der Waals surface area contributed by atoms with E-state index in [1.807, 2.05) is 6.92 Å². The van der Waals surface area contributed by atoms with Crippen LogP contribution in [0.2, 0.25) is 0 Å². The first-order valence-electron chi connectivity index (χ1n) is 4.61. The van der Waals surface area contributed by atoms with Crippen LogP contribution in [-0.2, 0) is 11.3 Å². The van der Waals surface area contributed by atoms with Gasteiger partial charge in [0.1, 0.15) is 0 Å². The Morgan fingerprint density at radius 3 is 2.86 bits per heavy atom. The van der Waals surface area contributed by atoms with Crippen molar-refractivity contribution in [1.82, 2.24) is 9.55 Å². The zero-order valence-electron chi connectivity index (χ0n) is 8.16. The van der Waals surface area contributed by atoms with E-state index < -0.39 is 5.69 Å². The topological polar surface area (TPSA) is 64.1 Å². The van der Waals surface area contributed by atoms with Crippen LogP contribution in [0.5, 0.6) is 0 Å². The molecule has 1 N–H and O–H groups in total. The van der Waals surface area contributed by atoms with Crippen molar-refractivity contribution >= 4 is 0 Å². The third-order valence-electron chi connectivity index (χ3n) is 1.72. The minimum Gasteiger partial charge on any atom is -0.380 e. The quantitative estimate of drug-likeness (QED) is 0.675. The summed E-state index contributed by atoms with van der Waals surface area (Å²) < 4.78 is 6.63. The Kier molecular flexibility index (Phi) is 4.12. The highest BCUT2D eigenvalue weighted by Gasteiger charge is 1.95. The first-order valence-corrected chi connectivity index (χ1v) is 4.61. The fraction of sp³-hybridized carbons (Fsp3) is 0.556. The van der Waals surface area contributed by atoms with E-state index in [1.165, 1.54) is 16.8 Å². The highest BCUT2D eigenvalue weighted by atomic mass is 16.5. The molecule has 0 aromatic carbocycles. The number of H-pyrrole nitrogens is 1. The van der Waals surface area contributed by atoms with E-state index in [9.17, 15) is 9.59 Å². The van der Waals surface area contributed by atoms with E-state index in [0.29, 0.717) is 19.8 Å². The summed E-state index contributed by atoms with van der Waals surface area (Å²) in [7, 11) is 0. The second-order valence-electron chi connectivity index (χ2n) is 2.92. The maximum atomic E-state index is 11.2. The van der Waals surface area contributed by atoms with Gasteiger partial charge in [0.2, 0.25) is 0 Å². The minimum absolute atomic E-state index is 0.374. The van der Waals surface area contributed by atoms with E-state index >= 15 is 0 Å². The fourth-order valence-corrected chi connectivity index (χ4v) is 1.03. The van der Waals surface area contributed by atoms with Crippen LogP contribution in [0.15, 0.2) is 21.9 Å². The molecule has 0 aliphatic rings. The summed E-state index contributed by atoms with van der Waals surface area (Å²) in [6, 6.07) is 1.32. The molecule has 1 heterocycles. The number of aromatic nitrogens is 2. The summed E-state index contributed by atoms with van der Waals surface area (Å²) >= 11 is 0. The van der Waals surface area contributed by atoms with Crippen LogP contribution in [0.3, 0.4) is 0 Å². The molecule has 0 saturated carbocycles. The fourth-order valence-electron chi connectivity index (χ4n) is 1.03. The monoisotopic (exact) mass is 198 g/mol. The molecule has 0 aliphatic carbocycles. The van der Waals surface area contributed by atoms with Gasteiger partial charge in [-0.3, -0.25) is 14.3 Å². The van der Waals surface area contributed by atoms with Gasteiger partial charge in [-0.25, -0.2) is 4.79 Å². The van der Waals surface area contributed by atoms with Gasteiger partial charge < -0.3 is 4.74 Å². The third kappa shape index (κ3) is 3.18. The Bertz CT molecular complexity index is 380. The van der Waals surface area contributed by atoms with Crippen LogP contribution in [0.25, 0.3) is 0 Å². The Labute approximate surface area is 81.3 Å². The molecular weight excluding hydrogens is 184 g/mol. The van der Waals surface area contributed by atoms with Gasteiger partial charge in [-0.15, -0.1) is 0 Å². The summed E-state index contributed by atoms with van der Waals surface area (Å²) in [6.45, 7) is 3.67. The first kappa shape index (κ1) is 10.7. The summed E-state index contributed by atoms with van der Waals surface area (Å²) in [5.74, 6) is 0. The van der Waals surface area contributed by atoms with Crippen molar-refractivity contribution in [1.29, 1.82) is 0 Å². The molecule has 0 fully saturated rings. The highest BCUT2D eigenvalue weighted by molar-refractivity contribution is 4.82. The molecule has 0 saturated heterocycles. The van der Waals surface area contributed by atoms with Crippen molar-refractivity contribution in [2.45, 2.75) is 19.9 Å². The second-order valence-corrected chi connectivity index (χ2v) is 2.92. The molecule has 1 aromatic rings. The predicted molar refractivity (Wildman–Crippen MR) is 52.4 cm³/mol. The molecule has 0 aliphatic heterocycles. The molecule has 78 valence electrons. The van der Waals surface area contributed by atoms with Gasteiger partial charge >= 0.3 is 5.69 Å². The maximum absolute atomic E-state index is 11.2. The van der Waals surface area contributed by atoms with E-state index in [2.05, 4.69) is 4.98 Å². The number of rotatable bonds is 5. The van der Waals surface area contributed by atoms with E-state index in [1.54, 1.807) is 0 Å². The molecule has 5 heteroatoms. The molecule has 0 amide bonds. The number of ether oxygens (including phenoxy) is 1. The van der Waals surface area contributed by atoms with Crippen molar-refractivity contribution in [3.63, 3.8) is 0 Å². The maximum Gasteiger partial charge on any atom is 0.328 e. The average molecular weight is 198 g/mol. The summed E-state index contributed by atoms with van der Waals surface area (Å²) in [5, 5.41) is 0. The number of aromatic amines is 1. The van der Waals surface area contributed by atoms with E-state index in [-0.39, 0.29) is 5.56 Å². The SMILES string of the molecule is CCCOCCn1ccc(=O)[nH]c1=O. The zero-order chi connectivity index (χ0) is 10.4. The van der Waals surface area contributed by atoms with Crippen molar-refractivity contribution in [2.24, 2.45) is 0 Å². The van der Waals surface area contributed by atoms with E-state index in [0.717, 1.165) is 6.42 Å². The summed E-state index contributed by atoms with van der Waals surface area (Å²) in [5.41, 5.74) is -0.765. The Morgan fingerprint density at radius 2 is 2.21 bits per heavy atom. The standard InChI is InChI=1S/C9H14N2O3/c1-2-6-14-7-5-11-4-3-8(12)10-9(11)13/h3-4H,2,5-7H2,1H3,(H,10,12,13). The van der Waals surface area contributed by atoms with Crippen molar-refractivity contribution in [3.8, 4) is 0 Å². The molecule has 0 spiro atoms. The summed E-state index contributed by atoms with van der Waals surface area (Å²) in [6.07, 6.45) is 2.43. The number of nitrogens with one attached hydrogen (secondary N) is 1. The smallest absolute Gasteiger partial charge is 0.328 e. The molecule has 5 nitrogen and oxygen atoms in total. The Balaban J connectivity index is 2.51. The molecule has 0 unspecified atom stereocenters. The van der Waals surface area contributed by atoms with Gasteiger partial charge in [0.15, 0.2) is 0 Å². The van der Waals surface area contributed by atoms with Crippen molar-refractivity contribution in [3.05, 3.63) is 33.1 Å². The van der Waals surface area contributed by atoms with Crippen LogP contribution >= 0.6 is 0 Å². The Morgan fingerprint density at radius 1 is 1.43 bits per heavy atom. The van der Waals surface area contributed by atoms with Gasteiger partial charge in [-0.05, 0) is 6.42 Å². The summed E-state index contributed by atoms with van der Waals surface area (Å²) in [4.78, 5) is 24.1. The molecule has 0 bridgehead atoms. The van der Waals surface area contributed by atoms with Crippen LogP contribution in [-0.4, -0.2) is 22.8 Å². The molecule has 14 heavy (non-hydrogen) atoms. The first-order chi connectivity index (χ1) is 6.74. The lowest BCUT2D eigenvalue weighted by Gasteiger charge is -2.04. The molecule has 1 rings (SSSR count). The number of hydrogen-bond donors (Lipinski definition) is 1. The molecule has 0 atom stereocenters. The highest BCUT2D eigenvalue weighted by Crippen LogP contribution is 1.82. The third-order valence-corrected chi connectivity index (χ3v) is 1.72. The largest absolute Gasteiger partial charge is 0.380 e. The van der Waals surface area contributed by atoms with Gasteiger partial charge in [0.25, 0.3) is 5.56 Å². The number of hydrogen-bond acceptors (Lipinski definition) is 3.